The lowest BCUT2D eigenvalue weighted by Crippen LogP contribution is -2.04. The number of aryl methyl sites for hydroxylation is 3. The van der Waals surface area contributed by atoms with Crippen molar-refractivity contribution < 1.29 is 0 Å². The van der Waals surface area contributed by atoms with Crippen LogP contribution in [0, 0.1) is 13.8 Å². The zero-order chi connectivity index (χ0) is 13.1. The van der Waals surface area contributed by atoms with E-state index in [2.05, 4.69) is 25.7 Å². The molecule has 0 saturated heterocycles. The summed E-state index contributed by atoms with van der Waals surface area (Å²) in [5, 5.41) is 10.7. The van der Waals surface area contributed by atoms with Gasteiger partial charge in [0.1, 0.15) is 17.5 Å². The van der Waals surface area contributed by atoms with Crippen molar-refractivity contribution >= 4 is 17.5 Å². The Hall–Kier alpha value is -2.11. The maximum absolute atomic E-state index is 4.34. The summed E-state index contributed by atoms with van der Waals surface area (Å²) in [5.41, 5.74) is 1.09. The summed E-state index contributed by atoms with van der Waals surface area (Å²) in [5.74, 6) is 3.08. The Labute approximate surface area is 106 Å². The smallest absolute Gasteiger partial charge is 0.153 e. The van der Waals surface area contributed by atoms with Crippen molar-refractivity contribution in [1.29, 1.82) is 0 Å². The number of nitrogens with zero attached hydrogens (tertiary/aromatic N) is 4. The first kappa shape index (κ1) is 12.3. The Balaban J connectivity index is 2.22. The van der Waals surface area contributed by atoms with E-state index in [0.29, 0.717) is 0 Å². The van der Waals surface area contributed by atoms with Crippen molar-refractivity contribution in [1.82, 2.24) is 19.7 Å². The highest BCUT2D eigenvalue weighted by Crippen LogP contribution is 2.16. The molecule has 0 saturated carbocycles. The van der Waals surface area contributed by atoms with Gasteiger partial charge in [0, 0.05) is 31.4 Å². The van der Waals surface area contributed by atoms with Crippen LogP contribution in [0.3, 0.4) is 0 Å². The molecule has 6 nitrogen and oxygen atoms in total. The Bertz CT molecular complexity index is 526. The average molecular weight is 246 g/mol. The minimum atomic E-state index is 0.726. The van der Waals surface area contributed by atoms with E-state index in [4.69, 9.17) is 0 Å². The molecule has 0 aliphatic rings. The third kappa shape index (κ3) is 2.77. The van der Waals surface area contributed by atoms with Crippen molar-refractivity contribution in [3.05, 3.63) is 23.7 Å². The lowest BCUT2D eigenvalue weighted by atomic mass is 10.4. The molecule has 2 aromatic heterocycles. The van der Waals surface area contributed by atoms with Crippen molar-refractivity contribution in [2.75, 3.05) is 17.2 Å². The molecule has 0 spiro atoms. The number of hydrogen-bond acceptors (Lipinski definition) is 5. The molecule has 2 aromatic rings. The van der Waals surface area contributed by atoms with E-state index in [1.165, 1.54) is 0 Å². The predicted octanol–water partition coefficient (Wildman–Crippen LogP) is 2.00. The van der Waals surface area contributed by atoms with Crippen molar-refractivity contribution in [3.63, 3.8) is 0 Å². The van der Waals surface area contributed by atoms with E-state index < -0.39 is 0 Å². The van der Waals surface area contributed by atoms with Gasteiger partial charge in [0.2, 0.25) is 0 Å². The summed E-state index contributed by atoms with van der Waals surface area (Å²) in [7, 11) is 1.91. The molecule has 0 aromatic carbocycles. The first-order valence-electron chi connectivity index (χ1n) is 5.95. The van der Waals surface area contributed by atoms with Crippen LogP contribution in [0.15, 0.2) is 12.1 Å². The van der Waals surface area contributed by atoms with Gasteiger partial charge in [0.25, 0.3) is 0 Å². The highest BCUT2D eigenvalue weighted by Gasteiger charge is 2.05. The molecule has 18 heavy (non-hydrogen) atoms. The summed E-state index contributed by atoms with van der Waals surface area (Å²) in [4.78, 5) is 8.64. The SMILES string of the molecule is CCNc1cc(Nc2cc(C)n(C)n2)nc(C)n1. The lowest BCUT2D eigenvalue weighted by molar-refractivity contribution is 0.743. The Kier molecular flexibility index (Phi) is 3.45. The van der Waals surface area contributed by atoms with Crippen LogP contribution in [-0.4, -0.2) is 26.3 Å². The van der Waals surface area contributed by atoms with Crippen LogP contribution in [0.1, 0.15) is 18.4 Å². The largest absolute Gasteiger partial charge is 0.370 e. The summed E-state index contributed by atoms with van der Waals surface area (Å²) < 4.78 is 1.82. The molecule has 2 heterocycles. The maximum atomic E-state index is 4.34. The van der Waals surface area contributed by atoms with Gasteiger partial charge in [-0.15, -0.1) is 0 Å². The van der Waals surface area contributed by atoms with E-state index in [1.807, 2.05) is 44.6 Å². The van der Waals surface area contributed by atoms with Crippen LogP contribution in [0.4, 0.5) is 17.5 Å². The predicted molar refractivity (Wildman–Crippen MR) is 72.2 cm³/mol. The Morgan fingerprint density at radius 3 is 2.44 bits per heavy atom. The Morgan fingerprint density at radius 1 is 1.11 bits per heavy atom. The van der Waals surface area contributed by atoms with Gasteiger partial charge in [-0.1, -0.05) is 0 Å². The molecule has 0 aliphatic carbocycles. The van der Waals surface area contributed by atoms with Gasteiger partial charge in [-0.25, -0.2) is 9.97 Å². The first-order chi connectivity index (χ1) is 8.58. The molecule has 6 heteroatoms. The number of nitrogens with one attached hydrogen (secondary N) is 2. The molecule has 0 radical (unpaired) electrons. The van der Waals surface area contributed by atoms with Crippen LogP contribution in [-0.2, 0) is 7.05 Å². The van der Waals surface area contributed by atoms with Crippen molar-refractivity contribution in [2.45, 2.75) is 20.8 Å². The van der Waals surface area contributed by atoms with Crippen LogP contribution >= 0.6 is 0 Å². The minimum Gasteiger partial charge on any atom is -0.370 e. The molecule has 0 atom stereocenters. The van der Waals surface area contributed by atoms with Gasteiger partial charge >= 0.3 is 0 Å². The molecule has 2 N–H and O–H groups in total. The molecule has 0 amide bonds. The van der Waals surface area contributed by atoms with Gasteiger partial charge in [0.05, 0.1) is 0 Å². The van der Waals surface area contributed by atoms with Crippen molar-refractivity contribution in [2.24, 2.45) is 7.05 Å². The topological polar surface area (TPSA) is 67.7 Å². The fourth-order valence-corrected chi connectivity index (χ4v) is 1.66. The number of hydrogen-bond donors (Lipinski definition) is 2. The summed E-state index contributed by atoms with van der Waals surface area (Å²) >= 11 is 0. The third-order valence-electron chi connectivity index (χ3n) is 2.57. The van der Waals surface area contributed by atoms with E-state index in [1.54, 1.807) is 0 Å². The monoisotopic (exact) mass is 246 g/mol. The van der Waals surface area contributed by atoms with E-state index in [9.17, 15) is 0 Å². The third-order valence-corrected chi connectivity index (χ3v) is 2.57. The second kappa shape index (κ2) is 5.03. The average Bonchev–Trinajstić information content (AvgIpc) is 2.57. The maximum Gasteiger partial charge on any atom is 0.153 e. The van der Waals surface area contributed by atoms with Gasteiger partial charge in [-0.05, 0) is 20.8 Å². The highest BCUT2D eigenvalue weighted by molar-refractivity contribution is 5.56. The second-order valence-electron chi connectivity index (χ2n) is 4.14. The zero-order valence-electron chi connectivity index (χ0n) is 11.2. The number of rotatable bonds is 4. The van der Waals surface area contributed by atoms with Crippen LogP contribution < -0.4 is 10.6 Å². The lowest BCUT2D eigenvalue weighted by Gasteiger charge is -2.07. The minimum absolute atomic E-state index is 0.726. The van der Waals surface area contributed by atoms with E-state index >= 15 is 0 Å². The fourth-order valence-electron chi connectivity index (χ4n) is 1.66. The van der Waals surface area contributed by atoms with E-state index in [0.717, 1.165) is 35.5 Å². The number of anilines is 3. The van der Waals surface area contributed by atoms with Gasteiger partial charge < -0.3 is 10.6 Å². The Morgan fingerprint density at radius 2 is 1.83 bits per heavy atom. The molecule has 2 rings (SSSR count). The molecule has 0 aliphatic heterocycles. The van der Waals surface area contributed by atoms with Gasteiger partial charge in [-0.3, -0.25) is 4.68 Å². The van der Waals surface area contributed by atoms with Gasteiger partial charge in [0.15, 0.2) is 5.82 Å². The standard InChI is InChI=1S/C12H18N6/c1-5-13-10-7-11(15-9(3)14-10)16-12-6-8(2)18(4)17-12/h6-7H,5H2,1-4H3,(H2,13,14,15,16,17). The molecule has 0 bridgehead atoms. The summed E-state index contributed by atoms with van der Waals surface area (Å²) in [6, 6.07) is 3.85. The summed E-state index contributed by atoms with van der Waals surface area (Å²) in [6.45, 7) is 6.74. The first-order valence-corrected chi connectivity index (χ1v) is 5.95. The molecular formula is C12H18N6. The normalized spacial score (nSPS) is 10.4. The highest BCUT2D eigenvalue weighted by atomic mass is 15.3. The van der Waals surface area contributed by atoms with Crippen LogP contribution in [0.25, 0.3) is 0 Å². The quantitative estimate of drug-likeness (QED) is 0.863. The molecule has 0 unspecified atom stereocenters. The molecule has 0 fully saturated rings. The molecule has 96 valence electrons. The van der Waals surface area contributed by atoms with Crippen LogP contribution in [0.5, 0.6) is 0 Å². The van der Waals surface area contributed by atoms with Gasteiger partial charge in [-0.2, -0.15) is 5.10 Å². The fraction of sp³-hybridized carbons (Fsp3) is 0.417. The number of aromatic nitrogens is 4. The second-order valence-corrected chi connectivity index (χ2v) is 4.14. The van der Waals surface area contributed by atoms with E-state index in [-0.39, 0.29) is 0 Å². The zero-order valence-corrected chi connectivity index (χ0v) is 11.2. The van der Waals surface area contributed by atoms with Crippen LogP contribution in [0.2, 0.25) is 0 Å². The summed E-state index contributed by atoms with van der Waals surface area (Å²) in [6.07, 6.45) is 0. The molecular weight excluding hydrogens is 228 g/mol. The van der Waals surface area contributed by atoms with Crippen molar-refractivity contribution in [3.8, 4) is 0 Å².